The molecule has 2 aliphatic heterocycles. The zero-order chi connectivity index (χ0) is 22.6. The molecular formula is C21H23N3O7S. The summed E-state index contributed by atoms with van der Waals surface area (Å²) >= 11 is 0. The van der Waals surface area contributed by atoms with Crippen LogP contribution in [0, 0.1) is 0 Å². The van der Waals surface area contributed by atoms with Gasteiger partial charge in [0.25, 0.3) is 11.8 Å². The Hall–Kier alpha value is -3.15. The third-order valence-electron chi connectivity index (χ3n) is 5.03. The summed E-state index contributed by atoms with van der Waals surface area (Å²) < 4.78 is 43.9. The molecule has 1 fully saturated rings. The number of rotatable bonds is 6. The van der Waals surface area contributed by atoms with Crippen molar-refractivity contribution in [2.75, 3.05) is 26.4 Å². The van der Waals surface area contributed by atoms with Crippen LogP contribution in [0.4, 0.5) is 0 Å². The number of carbonyl (C=O) groups is 2. The molecule has 0 radical (unpaired) electrons. The zero-order valence-corrected chi connectivity index (χ0v) is 17.9. The van der Waals surface area contributed by atoms with Crippen LogP contribution in [0.1, 0.15) is 33.6 Å². The molecule has 4 rings (SSSR count). The Morgan fingerprint density at radius 3 is 2.34 bits per heavy atom. The number of sulfonamides is 1. The van der Waals surface area contributed by atoms with E-state index in [0.717, 1.165) is 12.8 Å². The van der Waals surface area contributed by atoms with Crippen LogP contribution in [0.15, 0.2) is 47.4 Å². The first-order chi connectivity index (χ1) is 15.4. The number of ether oxygens (including phenoxy) is 3. The minimum absolute atomic E-state index is 0.0543. The number of amides is 2. The van der Waals surface area contributed by atoms with Crippen molar-refractivity contribution in [2.24, 2.45) is 0 Å². The van der Waals surface area contributed by atoms with Gasteiger partial charge in [0.2, 0.25) is 10.0 Å². The first kappa shape index (κ1) is 22.1. The van der Waals surface area contributed by atoms with Crippen molar-refractivity contribution in [3.63, 3.8) is 0 Å². The maximum Gasteiger partial charge on any atom is 0.269 e. The molecule has 0 bridgehead atoms. The van der Waals surface area contributed by atoms with Gasteiger partial charge in [-0.3, -0.25) is 20.4 Å². The van der Waals surface area contributed by atoms with Crippen LogP contribution in [0.25, 0.3) is 0 Å². The molecule has 2 aromatic rings. The van der Waals surface area contributed by atoms with Gasteiger partial charge in [0.05, 0.1) is 11.0 Å². The highest BCUT2D eigenvalue weighted by molar-refractivity contribution is 7.89. The number of hydrazine groups is 1. The van der Waals surface area contributed by atoms with Gasteiger partial charge in [0.1, 0.15) is 13.2 Å². The van der Waals surface area contributed by atoms with E-state index in [1.807, 2.05) is 0 Å². The van der Waals surface area contributed by atoms with Crippen LogP contribution >= 0.6 is 0 Å². The molecule has 0 saturated carbocycles. The molecule has 2 aliphatic rings. The van der Waals surface area contributed by atoms with E-state index in [1.165, 1.54) is 30.3 Å². The van der Waals surface area contributed by atoms with Crippen LogP contribution in [-0.2, 0) is 14.8 Å². The average Bonchev–Trinajstić information content (AvgIpc) is 3.35. The Bertz CT molecular complexity index is 1110. The number of hydrogen-bond donors (Lipinski definition) is 3. The van der Waals surface area contributed by atoms with Crippen molar-refractivity contribution < 1.29 is 32.2 Å². The molecule has 1 atom stereocenters. The summed E-state index contributed by atoms with van der Waals surface area (Å²) in [4.78, 5) is 24.8. The smallest absolute Gasteiger partial charge is 0.269 e. The lowest BCUT2D eigenvalue weighted by Gasteiger charge is -2.18. The molecule has 10 nitrogen and oxygen atoms in total. The fourth-order valence-electron chi connectivity index (χ4n) is 3.34. The second-order valence-electron chi connectivity index (χ2n) is 7.28. The highest BCUT2D eigenvalue weighted by Crippen LogP contribution is 2.30. The Balaban J connectivity index is 1.36. The largest absolute Gasteiger partial charge is 0.486 e. The lowest BCUT2D eigenvalue weighted by atomic mass is 10.2. The van der Waals surface area contributed by atoms with Crippen LogP contribution in [0.5, 0.6) is 11.5 Å². The van der Waals surface area contributed by atoms with Gasteiger partial charge in [-0.2, -0.15) is 0 Å². The van der Waals surface area contributed by atoms with Crippen molar-refractivity contribution in [1.82, 2.24) is 15.6 Å². The van der Waals surface area contributed by atoms with Gasteiger partial charge in [-0.15, -0.1) is 0 Å². The van der Waals surface area contributed by atoms with Gasteiger partial charge in [-0.05, 0) is 49.2 Å². The zero-order valence-electron chi connectivity index (χ0n) is 17.1. The van der Waals surface area contributed by atoms with Crippen molar-refractivity contribution in [1.29, 1.82) is 0 Å². The first-order valence-corrected chi connectivity index (χ1v) is 11.6. The van der Waals surface area contributed by atoms with Gasteiger partial charge in [0, 0.05) is 24.3 Å². The quantitative estimate of drug-likeness (QED) is 0.547. The van der Waals surface area contributed by atoms with Crippen LogP contribution in [-0.4, -0.2) is 52.7 Å². The molecule has 0 aromatic heterocycles. The maximum atomic E-state index is 12.5. The van der Waals surface area contributed by atoms with E-state index in [9.17, 15) is 18.0 Å². The summed E-state index contributed by atoms with van der Waals surface area (Å²) in [7, 11) is -3.81. The molecule has 2 amide bonds. The van der Waals surface area contributed by atoms with Gasteiger partial charge < -0.3 is 14.2 Å². The molecule has 1 unspecified atom stereocenters. The summed E-state index contributed by atoms with van der Waals surface area (Å²) in [6, 6.07) is 10.2. The number of fused-ring (bicyclic) bond motifs is 1. The fraction of sp³-hybridized carbons (Fsp3) is 0.333. The van der Waals surface area contributed by atoms with Crippen LogP contribution in [0.3, 0.4) is 0 Å². The highest BCUT2D eigenvalue weighted by Gasteiger charge is 2.21. The monoisotopic (exact) mass is 461 g/mol. The summed E-state index contributed by atoms with van der Waals surface area (Å²) in [5, 5.41) is 0. The molecule has 0 spiro atoms. The summed E-state index contributed by atoms with van der Waals surface area (Å²) in [6.45, 7) is 1.62. The van der Waals surface area contributed by atoms with Crippen LogP contribution in [0.2, 0.25) is 0 Å². The van der Waals surface area contributed by atoms with E-state index in [0.29, 0.717) is 31.3 Å². The fourth-order valence-corrected chi connectivity index (χ4v) is 4.45. The predicted octanol–water partition coefficient (Wildman–Crippen LogP) is 0.990. The van der Waals surface area contributed by atoms with Crippen LogP contribution < -0.4 is 25.0 Å². The number of carbonyl (C=O) groups excluding carboxylic acids is 2. The van der Waals surface area contributed by atoms with Gasteiger partial charge in [0.15, 0.2) is 11.5 Å². The maximum absolute atomic E-state index is 12.5. The molecular weight excluding hydrogens is 438 g/mol. The third-order valence-corrected chi connectivity index (χ3v) is 6.45. The molecule has 2 aromatic carbocycles. The molecule has 170 valence electrons. The lowest BCUT2D eigenvalue weighted by Crippen LogP contribution is -2.41. The van der Waals surface area contributed by atoms with E-state index in [2.05, 4.69) is 15.6 Å². The van der Waals surface area contributed by atoms with Gasteiger partial charge in [-0.1, -0.05) is 6.07 Å². The Morgan fingerprint density at radius 1 is 0.906 bits per heavy atom. The number of nitrogens with one attached hydrogen (secondary N) is 3. The molecule has 3 N–H and O–H groups in total. The van der Waals surface area contributed by atoms with E-state index in [-0.39, 0.29) is 28.7 Å². The summed E-state index contributed by atoms with van der Waals surface area (Å²) in [5.74, 6) is -0.226. The molecule has 11 heteroatoms. The Kier molecular flexibility index (Phi) is 6.58. The lowest BCUT2D eigenvalue weighted by molar-refractivity contribution is 0.0846. The average molecular weight is 461 g/mol. The minimum atomic E-state index is -3.81. The van der Waals surface area contributed by atoms with E-state index in [1.54, 1.807) is 12.1 Å². The van der Waals surface area contributed by atoms with Gasteiger partial charge >= 0.3 is 0 Å². The number of hydrogen-bond acceptors (Lipinski definition) is 7. The third kappa shape index (κ3) is 5.18. The Morgan fingerprint density at radius 2 is 1.62 bits per heavy atom. The topological polar surface area (TPSA) is 132 Å². The highest BCUT2D eigenvalue weighted by atomic mass is 32.2. The standard InChI is InChI=1S/C21H23N3O7S/c25-20(23-24-21(26)15-6-7-18-19(12-15)31-10-9-30-18)14-3-1-5-17(11-14)32(27,28)22-13-16-4-2-8-29-16/h1,3,5-7,11-12,16,22H,2,4,8-10,13H2,(H,23,25)(H,24,26). The van der Waals surface area contributed by atoms with E-state index in [4.69, 9.17) is 14.2 Å². The summed E-state index contributed by atoms with van der Waals surface area (Å²) in [6.07, 6.45) is 1.56. The number of benzene rings is 2. The van der Waals surface area contributed by atoms with E-state index >= 15 is 0 Å². The Labute approximate surface area is 185 Å². The normalized spacial score (nSPS) is 17.6. The van der Waals surface area contributed by atoms with E-state index < -0.39 is 21.8 Å². The summed E-state index contributed by atoms with van der Waals surface area (Å²) in [5.41, 5.74) is 4.94. The second kappa shape index (κ2) is 9.55. The molecule has 2 heterocycles. The van der Waals surface area contributed by atoms with Crippen molar-refractivity contribution in [3.8, 4) is 11.5 Å². The molecule has 32 heavy (non-hydrogen) atoms. The second-order valence-corrected chi connectivity index (χ2v) is 9.05. The molecule has 0 aliphatic carbocycles. The molecule has 1 saturated heterocycles. The minimum Gasteiger partial charge on any atom is -0.486 e. The van der Waals surface area contributed by atoms with Gasteiger partial charge in [-0.25, -0.2) is 13.1 Å². The van der Waals surface area contributed by atoms with Crippen molar-refractivity contribution in [2.45, 2.75) is 23.8 Å². The predicted molar refractivity (Wildman–Crippen MR) is 113 cm³/mol. The van der Waals surface area contributed by atoms with Crippen molar-refractivity contribution in [3.05, 3.63) is 53.6 Å². The SMILES string of the molecule is O=C(NNC(=O)c1ccc2c(c1)OCCO2)c1cccc(S(=O)(=O)NCC2CCCO2)c1. The van der Waals surface area contributed by atoms with Crippen molar-refractivity contribution >= 4 is 21.8 Å². The first-order valence-electron chi connectivity index (χ1n) is 10.1.